The zero-order valence-electron chi connectivity index (χ0n) is 21.2. The molecule has 2 N–H and O–H groups in total. The number of benzene rings is 1. The summed E-state index contributed by atoms with van der Waals surface area (Å²) in [6.07, 6.45) is 7.43. The molecule has 0 saturated carbocycles. The van der Waals surface area contributed by atoms with Crippen LogP contribution < -0.4 is 15.5 Å². The summed E-state index contributed by atoms with van der Waals surface area (Å²) in [6.45, 7) is 10.7. The summed E-state index contributed by atoms with van der Waals surface area (Å²) in [5.74, 6) is 0.792. The summed E-state index contributed by atoms with van der Waals surface area (Å²) in [5, 5.41) is 7.44. The molecule has 1 aromatic heterocycles. The van der Waals surface area contributed by atoms with E-state index in [1.54, 1.807) is 7.11 Å². The second-order valence-corrected chi connectivity index (χ2v) is 10.3. The van der Waals surface area contributed by atoms with Crippen LogP contribution in [-0.4, -0.2) is 85.3 Å². The predicted octanol–water partition coefficient (Wildman–Crippen LogP) is 4.30. The molecular weight excluding hydrogens is 460 g/mol. The molecule has 0 spiro atoms. The number of likely N-dealkylation sites (tertiary alicyclic amines) is 1. The number of ether oxygens (including phenoxy) is 1. The fraction of sp³-hybridized carbons (Fsp3) is 0.615. The van der Waals surface area contributed by atoms with Crippen molar-refractivity contribution in [1.82, 2.24) is 25.2 Å². The number of piperidine rings is 1. The molecule has 0 aliphatic carbocycles. The molecule has 0 unspecified atom stereocenters. The zero-order valence-corrected chi connectivity index (χ0v) is 22.0. The average molecular weight is 501 g/mol. The second kappa shape index (κ2) is 13.2. The van der Waals surface area contributed by atoms with Crippen LogP contribution in [-0.2, 0) is 6.42 Å². The lowest BCUT2D eigenvalue weighted by Gasteiger charge is -2.35. The Hall–Kier alpha value is -2.20. The summed E-state index contributed by atoms with van der Waals surface area (Å²) in [5.41, 5.74) is 6.02. The van der Waals surface area contributed by atoms with Gasteiger partial charge in [0, 0.05) is 37.1 Å². The normalized spacial score (nSPS) is 17.9. The SMILES string of the molecule is CCCc1ccc(OC)c(-c2csc(NC(=O)NN3CCN(CCCN4CCCCC4)CC3)n2)c1. The van der Waals surface area contributed by atoms with Gasteiger partial charge in [0.1, 0.15) is 5.75 Å². The first-order chi connectivity index (χ1) is 17.1. The number of piperazine rings is 1. The number of anilines is 1. The van der Waals surface area contributed by atoms with Crippen molar-refractivity contribution in [2.45, 2.75) is 45.4 Å². The Balaban J connectivity index is 1.20. The molecule has 8 nitrogen and oxygen atoms in total. The molecule has 0 bridgehead atoms. The molecule has 0 radical (unpaired) electrons. The number of hydrogen-bond acceptors (Lipinski definition) is 7. The van der Waals surface area contributed by atoms with E-state index in [1.165, 1.54) is 62.2 Å². The summed E-state index contributed by atoms with van der Waals surface area (Å²) in [4.78, 5) is 22.3. The van der Waals surface area contributed by atoms with Crippen LogP contribution in [0.15, 0.2) is 23.6 Å². The quantitative estimate of drug-likeness (QED) is 0.507. The zero-order chi connectivity index (χ0) is 24.5. The van der Waals surface area contributed by atoms with Gasteiger partial charge in [0.2, 0.25) is 0 Å². The average Bonchev–Trinajstić information content (AvgIpc) is 3.34. The molecule has 3 heterocycles. The molecule has 2 aliphatic rings. The Morgan fingerprint density at radius 1 is 1.06 bits per heavy atom. The Kier molecular flexibility index (Phi) is 9.76. The molecule has 2 fully saturated rings. The van der Waals surface area contributed by atoms with E-state index in [0.717, 1.165) is 62.6 Å². The molecular formula is C26H40N6O2S. The molecule has 4 rings (SSSR count). The van der Waals surface area contributed by atoms with Crippen molar-refractivity contribution in [1.29, 1.82) is 0 Å². The van der Waals surface area contributed by atoms with Gasteiger partial charge in [0.05, 0.1) is 12.8 Å². The molecule has 2 amide bonds. The van der Waals surface area contributed by atoms with Crippen LogP contribution in [0.4, 0.5) is 9.93 Å². The van der Waals surface area contributed by atoms with E-state index >= 15 is 0 Å². The van der Waals surface area contributed by atoms with Gasteiger partial charge in [-0.05, 0) is 69.6 Å². The summed E-state index contributed by atoms with van der Waals surface area (Å²) < 4.78 is 5.54. The van der Waals surface area contributed by atoms with Crippen LogP contribution >= 0.6 is 11.3 Å². The van der Waals surface area contributed by atoms with E-state index in [-0.39, 0.29) is 6.03 Å². The van der Waals surface area contributed by atoms with Crippen LogP contribution in [0.5, 0.6) is 5.75 Å². The highest BCUT2D eigenvalue weighted by molar-refractivity contribution is 7.14. The molecule has 192 valence electrons. The van der Waals surface area contributed by atoms with Gasteiger partial charge in [-0.3, -0.25) is 10.7 Å². The van der Waals surface area contributed by atoms with Gasteiger partial charge in [-0.25, -0.2) is 14.8 Å². The van der Waals surface area contributed by atoms with Gasteiger partial charge >= 0.3 is 6.03 Å². The number of methoxy groups -OCH3 is 1. The highest BCUT2D eigenvalue weighted by atomic mass is 32.1. The Morgan fingerprint density at radius 3 is 2.51 bits per heavy atom. The number of nitrogens with one attached hydrogen (secondary N) is 2. The number of carbonyl (C=O) groups is 1. The van der Waals surface area contributed by atoms with Crippen LogP contribution in [0.3, 0.4) is 0 Å². The molecule has 2 saturated heterocycles. The van der Waals surface area contributed by atoms with E-state index in [2.05, 4.69) is 44.6 Å². The van der Waals surface area contributed by atoms with Crippen molar-refractivity contribution in [2.24, 2.45) is 0 Å². The molecule has 2 aliphatic heterocycles. The lowest BCUT2D eigenvalue weighted by Crippen LogP contribution is -2.54. The van der Waals surface area contributed by atoms with Crippen molar-refractivity contribution in [2.75, 3.05) is 64.8 Å². The number of aromatic nitrogens is 1. The van der Waals surface area contributed by atoms with Crippen LogP contribution in [0.2, 0.25) is 0 Å². The predicted molar refractivity (Wildman–Crippen MR) is 143 cm³/mol. The van der Waals surface area contributed by atoms with Gasteiger partial charge in [-0.1, -0.05) is 25.8 Å². The number of hydrazine groups is 1. The highest BCUT2D eigenvalue weighted by Crippen LogP contribution is 2.33. The minimum atomic E-state index is -0.240. The minimum Gasteiger partial charge on any atom is -0.496 e. The lowest BCUT2D eigenvalue weighted by atomic mass is 10.0. The summed E-state index contributed by atoms with van der Waals surface area (Å²) >= 11 is 1.42. The second-order valence-electron chi connectivity index (χ2n) is 9.47. The van der Waals surface area contributed by atoms with Crippen molar-refractivity contribution >= 4 is 22.5 Å². The molecule has 35 heavy (non-hydrogen) atoms. The van der Waals surface area contributed by atoms with Gasteiger partial charge in [0.15, 0.2) is 5.13 Å². The number of rotatable bonds is 10. The maximum absolute atomic E-state index is 12.6. The number of carbonyl (C=O) groups excluding carboxylic acids is 1. The largest absolute Gasteiger partial charge is 0.496 e. The third-order valence-electron chi connectivity index (χ3n) is 6.83. The Labute approximate surface area is 213 Å². The number of nitrogens with zero attached hydrogens (tertiary/aromatic N) is 4. The maximum Gasteiger partial charge on any atom is 0.335 e. The number of amides is 2. The minimum absolute atomic E-state index is 0.240. The van der Waals surface area contributed by atoms with Gasteiger partial charge in [0.25, 0.3) is 0 Å². The van der Waals surface area contributed by atoms with E-state index in [9.17, 15) is 4.79 Å². The number of thiazole rings is 1. The topological polar surface area (TPSA) is 73.0 Å². The number of hydrogen-bond donors (Lipinski definition) is 2. The van der Waals surface area contributed by atoms with Crippen molar-refractivity contribution < 1.29 is 9.53 Å². The molecule has 1 aromatic carbocycles. The fourth-order valence-corrected chi connectivity index (χ4v) is 5.61. The van der Waals surface area contributed by atoms with Crippen LogP contribution in [0.25, 0.3) is 11.3 Å². The Bertz CT molecular complexity index is 938. The number of aryl methyl sites for hydroxylation is 1. The highest BCUT2D eigenvalue weighted by Gasteiger charge is 2.19. The first-order valence-electron chi connectivity index (χ1n) is 13.0. The van der Waals surface area contributed by atoms with Gasteiger partial charge < -0.3 is 14.5 Å². The summed E-state index contributed by atoms with van der Waals surface area (Å²) in [7, 11) is 1.67. The first-order valence-corrected chi connectivity index (χ1v) is 13.9. The third kappa shape index (κ3) is 7.64. The van der Waals surface area contributed by atoms with Gasteiger partial charge in [-0.2, -0.15) is 0 Å². The molecule has 0 atom stereocenters. The third-order valence-corrected chi connectivity index (χ3v) is 7.59. The standard InChI is InChI=1S/C26H40N6O2S/c1-3-8-21-9-10-24(34-2)22(19-21)23-20-35-26(27-23)28-25(33)29-32-17-15-31(16-18-32)14-7-13-30-11-5-4-6-12-30/h9-10,19-20H,3-8,11-18H2,1-2H3,(H2,27,28,29,33). The van der Waals surface area contributed by atoms with Crippen molar-refractivity contribution in [3.05, 3.63) is 29.1 Å². The molecule has 9 heteroatoms. The summed E-state index contributed by atoms with van der Waals surface area (Å²) in [6, 6.07) is 5.98. The van der Waals surface area contributed by atoms with Crippen LogP contribution in [0.1, 0.15) is 44.6 Å². The van der Waals surface area contributed by atoms with Crippen LogP contribution in [0, 0.1) is 0 Å². The number of urea groups is 1. The monoisotopic (exact) mass is 500 g/mol. The Morgan fingerprint density at radius 2 is 1.80 bits per heavy atom. The van der Waals surface area contributed by atoms with E-state index in [1.807, 2.05) is 16.5 Å². The molecule has 2 aromatic rings. The maximum atomic E-state index is 12.6. The fourth-order valence-electron chi connectivity index (χ4n) is 4.91. The van der Waals surface area contributed by atoms with Crippen molar-refractivity contribution in [3.8, 4) is 17.0 Å². The lowest BCUT2D eigenvalue weighted by molar-refractivity contribution is 0.0967. The van der Waals surface area contributed by atoms with Crippen molar-refractivity contribution in [3.63, 3.8) is 0 Å². The van der Waals surface area contributed by atoms with E-state index in [4.69, 9.17) is 4.74 Å². The van der Waals surface area contributed by atoms with Gasteiger partial charge in [-0.15, -0.1) is 11.3 Å². The van der Waals surface area contributed by atoms with E-state index < -0.39 is 0 Å². The first kappa shape index (κ1) is 25.9. The smallest absolute Gasteiger partial charge is 0.335 e. The van der Waals surface area contributed by atoms with E-state index in [0.29, 0.717) is 5.13 Å².